The molecule has 0 aliphatic rings. The SMILES string of the molecule is O=C(NCCC(F)(F)F)c1ccccc1O. The quantitative estimate of drug-likeness (QED) is 0.839. The molecule has 6 heteroatoms. The minimum atomic E-state index is -4.30. The lowest BCUT2D eigenvalue weighted by atomic mass is 10.2. The highest BCUT2D eigenvalue weighted by atomic mass is 19.4. The third-order valence-corrected chi connectivity index (χ3v) is 1.84. The van der Waals surface area contributed by atoms with Crippen molar-refractivity contribution in [2.75, 3.05) is 6.54 Å². The van der Waals surface area contributed by atoms with Crippen molar-refractivity contribution in [2.24, 2.45) is 0 Å². The standard InChI is InChI=1S/C10H10F3NO2/c11-10(12,13)5-6-14-9(16)7-3-1-2-4-8(7)15/h1-4,15H,5-6H2,(H,14,16). The summed E-state index contributed by atoms with van der Waals surface area (Å²) in [5, 5.41) is 11.3. The van der Waals surface area contributed by atoms with Crippen molar-refractivity contribution in [3.8, 4) is 5.75 Å². The van der Waals surface area contributed by atoms with Crippen LogP contribution in [0.5, 0.6) is 5.75 Å². The van der Waals surface area contributed by atoms with Gasteiger partial charge in [-0.15, -0.1) is 0 Å². The molecule has 0 saturated carbocycles. The number of aromatic hydroxyl groups is 1. The van der Waals surface area contributed by atoms with E-state index in [9.17, 15) is 23.1 Å². The van der Waals surface area contributed by atoms with Gasteiger partial charge in [-0.25, -0.2) is 0 Å². The van der Waals surface area contributed by atoms with Crippen molar-refractivity contribution in [1.29, 1.82) is 0 Å². The third-order valence-electron chi connectivity index (χ3n) is 1.84. The number of phenolic OH excluding ortho intramolecular Hbond substituents is 1. The predicted molar refractivity (Wildman–Crippen MR) is 51.1 cm³/mol. The molecule has 0 aliphatic heterocycles. The zero-order valence-corrected chi connectivity index (χ0v) is 8.21. The summed E-state index contributed by atoms with van der Waals surface area (Å²) in [4.78, 5) is 11.3. The number of carbonyl (C=O) groups is 1. The lowest BCUT2D eigenvalue weighted by Crippen LogP contribution is -2.27. The van der Waals surface area contributed by atoms with Crippen LogP contribution in [0.4, 0.5) is 13.2 Å². The van der Waals surface area contributed by atoms with E-state index in [4.69, 9.17) is 0 Å². The Hall–Kier alpha value is -1.72. The van der Waals surface area contributed by atoms with Crippen LogP contribution < -0.4 is 5.32 Å². The number of phenols is 1. The zero-order valence-electron chi connectivity index (χ0n) is 8.21. The van der Waals surface area contributed by atoms with Crippen molar-refractivity contribution in [1.82, 2.24) is 5.32 Å². The van der Waals surface area contributed by atoms with Crippen LogP contribution >= 0.6 is 0 Å². The molecule has 0 aliphatic carbocycles. The van der Waals surface area contributed by atoms with E-state index in [2.05, 4.69) is 5.32 Å². The Morgan fingerprint density at radius 1 is 1.31 bits per heavy atom. The fraction of sp³-hybridized carbons (Fsp3) is 0.300. The van der Waals surface area contributed by atoms with Gasteiger partial charge in [0.15, 0.2) is 0 Å². The molecule has 0 unspecified atom stereocenters. The van der Waals surface area contributed by atoms with Crippen LogP contribution in [0, 0.1) is 0 Å². The number of hydrogen-bond donors (Lipinski definition) is 2. The smallest absolute Gasteiger partial charge is 0.390 e. The zero-order chi connectivity index (χ0) is 12.2. The van der Waals surface area contributed by atoms with Gasteiger partial charge in [0.05, 0.1) is 12.0 Å². The average Bonchev–Trinajstić information content (AvgIpc) is 2.16. The van der Waals surface area contributed by atoms with Crippen LogP contribution in [-0.2, 0) is 0 Å². The molecule has 16 heavy (non-hydrogen) atoms. The number of carbonyl (C=O) groups excluding carboxylic acids is 1. The molecule has 0 spiro atoms. The maximum atomic E-state index is 11.8. The molecule has 0 fully saturated rings. The van der Waals surface area contributed by atoms with Gasteiger partial charge in [0.2, 0.25) is 0 Å². The van der Waals surface area contributed by atoms with Gasteiger partial charge in [0.1, 0.15) is 5.75 Å². The number of benzene rings is 1. The number of hydrogen-bond acceptors (Lipinski definition) is 2. The van der Waals surface area contributed by atoms with Crippen molar-refractivity contribution in [2.45, 2.75) is 12.6 Å². The van der Waals surface area contributed by atoms with E-state index in [0.717, 1.165) is 0 Å². The molecule has 88 valence electrons. The van der Waals surface area contributed by atoms with E-state index >= 15 is 0 Å². The predicted octanol–water partition coefficient (Wildman–Crippen LogP) is 2.07. The van der Waals surface area contributed by atoms with Gasteiger partial charge in [0.25, 0.3) is 5.91 Å². The summed E-state index contributed by atoms with van der Waals surface area (Å²) in [5.41, 5.74) is -0.0373. The van der Waals surface area contributed by atoms with Crippen LogP contribution in [0.1, 0.15) is 16.8 Å². The highest BCUT2D eigenvalue weighted by molar-refractivity contribution is 5.96. The summed E-state index contributed by atoms with van der Waals surface area (Å²) < 4.78 is 35.4. The van der Waals surface area contributed by atoms with Gasteiger partial charge in [-0.05, 0) is 12.1 Å². The summed E-state index contributed by atoms with van der Waals surface area (Å²) in [5.74, 6) is -0.977. The van der Waals surface area contributed by atoms with Crippen LogP contribution in [-0.4, -0.2) is 23.7 Å². The first-order chi connectivity index (χ1) is 7.40. The first-order valence-corrected chi connectivity index (χ1v) is 4.53. The maximum Gasteiger partial charge on any atom is 0.390 e. The second kappa shape index (κ2) is 4.87. The van der Waals surface area contributed by atoms with Gasteiger partial charge in [-0.1, -0.05) is 12.1 Å². The molecule has 0 aromatic heterocycles. The van der Waals surface area contributed by atoms with E-state index in [1.54, 1.807) is 0 Å². The molecular weight excluding hydrogens is 223 g/mol. The van der Waals surface area contributed by atoms with Crippen LogP contribution in [0.2, 0.25) is 0 Å². The largest absolute Gasteiger partial charge is 0.507 e. The lowest BCUT2D eigenvalue weighted by Gasteiger charge is -2.08. The molecule has 0 heterocycles. The summed E-state index contributed by atoms with van der Waals surface area (Å²) in [6, 6.07) is 5.65. The van der Waals surface area contributed by atoms with Crippen molar-refractivity contribution in [3.05, 3.63) is 29.8 Å². The van der Waals surface area contributed by atoms with E-state index in [1.807, 2.05) is 0 Å². The summed E-state index contributed by atoms with van der Waals surface area (Å²) in [6.45, 7) is -0.503. The van der Waals surface area contributed by atoms with Gasteiger partial charge in [-0.3, -0.25) is 4.79 Å². The second-order valence-corrected chi connectivity index (χ2v) is 3.14. The molecule has 0 saturated heterocycles. The molecule has 0 radical (unpaired) electrons. The molecule has 0 bridgehead atoms. The highest BCUT2D eigenvalue weighted by Crippen LogP contribution is 2.19. The first kappa shape index (κ1) is 12.4. The van der Waals surface area contributed by atoms with E-state index in [0.29, 0.717) is 0 Å². The van der Waals surface area contributed by atoms with Gasteiger partial charge < -0.3 is 10.4 Å². The van der Waals surface area contributed by atoms with Gasteiger partial charge in [0, 0.05) is 6.54 Å². The Labute approximate surface area is 89.9 Å². The number of halogens is 3. The van der Waals surface area contributed by atoms with Crippen LogP contribution in [0.3, 0.4) is 0 Å². The topological polar surface area (TPSA) is 49.3 Å². The van der Waals surface area contributed by atoms with E-state index < -0.39 is 25.0 Å². The highest BCUT2D eigenvalue weighted by Gasteiger charge is 2.26. The Kier molecular flexibility index (Phi) is 3.76. The minimum Gasteiger partial charge on any atom is -0.507 e. The number of rotatable bonds is 3. The van der Waals surface area contributed by atoms with E-state index in [1.165, 1.54) is 24.3 Å². The molecule has 1 aromatic rings. The Morgan fingerprint density at radius 3 is 2.50 bits per heavy atom. The number of para-hydroxylation sites is 1. The first-order valence-electron chi connectivity index (χ1n) is 4.53. The molecule has 2 N–H and O–H groups in total. The number of nitrogens with one attached hydrogen (secondary N) is 1. The van der Waals surface area contributed by atoms with Crippen molar-refractivity contribution < 1.29 is 23.1 Å². The minimum absolute atomic E-state index is 0.0373. The second-order valence-electron chi connectivity index (χ2n) is 3.14. The molecule has 3 nitrogen and oxygen atoms in total. The Morgan fingerprint density at radius 2 is 1.94 bits per heavy atom. The average molecular weight is 233 g/mol. The van der Waals surface area contributed by atoms with Crippen LogP contribution in [0.25, 0.3) is 0 Å². The maximum absolute atomic E-state index is 11.8. The van der Waals surface area contributed by atoms with E-state index in [-0.39, 0.29) is 11.3 Å². The molecule has 1 aromatic carbocycles. The van der Waals surface area contributed by atoms with Gasteiger partial charge >= 0.3 is 6.18 Å². The lowest BCUT2D eigenvalue weighted by molar-refractivity contribution is -0.132. The number of amides is 1. The summed E-state index contributed by atoms with van der Waals surface area (Å²) in [6.07, 6.45) is -5.39. The summed E-state index contributed by atoms with van der Waals surface area (Å²) >= 11 is 0. The summed E-state index contributed by atoms with van der Waals surface area (Å²) in [7, 11) is 0. The Bertz CT molecular complexity index is 377. The molecular formula is C10H10F3NO2. The monoisotopic (exact) mass is 233 g/mol. The Balaban J connectivity index is 2.51. The number of alkyl halides is 3. The van der Waals surface area contributed by atoms with Crippen molar-refractivity contribution >= 4 is 5.91 Å². The molecule has 1 amide bonds. The van der Waals surface area contributed by atoms with Gasteiger partial charge in [-0.2, -0.15) is 13.2 Å². The molecule has 1 rings (SSSR count). The molecule has 0 atom stereocenters. The van der Waals surface area contributed by atoms with Crippen molar-refractivity contribution in [3.63, 3.8) is 0 Å². The fourth-order valence-corrected chi connectivity index (χ4v) is 1.08. The normalized spacial score (nSPS) is 11.2. The fourth-order valence-electron chi connectivity index (χ4n) is 1.08. The van der Waals surface area contributed by atoms with Crippen LogP contribution in [0.15, 0.2) is 24.3 Å². The third kappa shape index (κ3) is 3.80.